The fourth-order valence-electron chi connectivity index (χ4n) is 3.44. The first-order valence-corrected chi connectivity index (χ1v) is 10.3. The molecule has 1 heterocycles. The van der Waals surface area contributed by atoms with E-state index in [1.54, 1.807) is 21.3 Å². The van der Waals surface area contributed by atoms with E-state index in [2.05, 4.69) is 55.1 Å². The van der Waals surface area contributed by atoms with Gasteiger partial charge in [-0.1, -0.05) is 17.7 Å². The number of hydrogen-bond donors (Lipinski definition) is 0. The molecule has 1 aromatic rings. The number of anilines is 1. The van der Waals surface area contributed by atoms with Crippen LogP contribution in [0.2, 0.25) is 6.04 Å². The van der Waals surface area contributed by atoms with Gasteiger partial charge in [0.25, 0.3) is 0 Å². The first-order chi connectivity index (χ1) is 11.4. The van der Waals surface area contributed by atoms with Crippen LogP contribution in [0.4, 0.5) is 5.69 Å². The number of benzene rings is 1. The van der Waals surface area contributed by atoms with Crippen LogP contribution in [0.1, 0.15) is 23.1 Å². The molecule has 1 aromatic carbocycles. The highest BCUT2D eigenvalue weighted by atomic mass is 79.9. The van der Waals surface area contributed by atoms with Crippen molar-refractivity contribution in [3.63, 3.8) is 0 Å². The van der Waals surface area contributed by atoms with Gasteiger partial charge in [0.15, 0.2) is 0 Å². The van der Waals surface area contributed by atoms with Gasteiger partial charge in [0.05, 0.1) is 6.67 Å². The molecule has 0 radical (unpaired) electrons. The zero-order valence-corrected chi connectivity index (χ0v) is 18.9. The molecule has 0 bridgehead atoms. The molecule has 0 spiro atoms. The molecule has 0 fully saturated rings. The van der Waals surface area contributed by atoms with Crippen molar-refractivity contribution in [1.29, 1.82) is 0 Å². The van der Waals surface area contributed by atoms with Gasteiger partial charge in [-0.25, -0.2) is 0 Å². The van der Waals surface area contributed by atoms with Gasteiger partial charge in [-0.05, 0) is 38.3 Å². The van der Waals surface area contributed by atoms with Crippen LogP contribution in [-0.2, 0) is 13.3 Å². The first kappa shape index (κ1) is 22.2. The molecule has 142 valence electrons. The molecule has 0 saturated carbocycles. The van der Waals surface area contributed by atoms with Gasteiger partial charge in [-0.3, -0.25) is 0 Å². The quantitative estimate of drug-likeness (QED) is 0.581. The topological polar surface area (TPSA) is 34.2 Å². The number of hydrogen-bond acceptors (Lipinski definition) is 5. The van der Waals surface area contributed by atoms with Gasteiger partial charge in [0, 0.05) is 52.0 Å². The average molecular weight is 431 g/mol. The summed E-state index contributed by atoms with van der Waals surface area (Å²) < 4.78 is 16.4. The smallest absolute Gasteiger partial charge is 0.377 e. The first-order valence-electron chi connectivity index (χ1n) is 8.37. The van der Waals surface area contributed by atoms with E-state index in [0.29, 0.717) is 0 Å². The lowest BCUT2D eigenvalue weighted by Crippen LogP contribution is -2.43. The van der Waals surface area contributed by atoms with Crippen molar-refractivity contribution in [1.82, 2.24) is 4.90 Å². The summed E-state index contributed by atoms with van der Waals surface area (Å²) in [5, 5.41) is 0. The van der Waals surface area contributed by atoms with Crippen LogP contribution in [0.15, 0.2) is 24.5 Å². The lowest BCUT2D eigenvalue weighted by Gasteiger charge is -2.27. The summed E-state index contributed by atoms with van der Waals surface area (Å²) in [7, 11) is 2.54. The maximum atomic E-state index is 5.48. The lowest BCUT2D eigenvalue weighted by molar-refractivity contribution is 0.122. The second kappa shape index (κ2) is 9.73. The summed E-state index contributed by atoms with van der Waals surface area (Å²) in [6.07, 6.45) is 5.30. The fraction of sp³-hybridized carbons (Fsp3) is 0.556. The third-order valence-corrected chi connectivity index (χ3v) is 7.41. The predicted molar refractivity (Wildman–Crippen MR) is 110 cm³/mol. The Morgan fingerprint density at radius 2 is 1.52 bits per heavy atom. The van der Waals surface area contributed by atoms with Crippen LogP contribution in [0.3, 0.4) is 0 Å². The molecule has 0 aliphatic carbocycles. The highest BCUT2D eigenvalue weighted by molar-refractivity contribution is 8.93. The van der Waals surface area contributed by atoms with Gasteiger partial charge in [-0.2, -0.15) is 0 Å². The van der Waals surface area contributed by atoms with E-state index in [0.717, 1.165) is 25.7 Å². The predicted octanol–water partition coefficient (Wildman–Crippen LogP) is 4.01. The van der Waals surface area contributed by atoms with Gasteiger partial charge < -0.3 is 23.1 Å². The molecular formula is C18H31BrN2O3Si. The van der Waals surface area contributed by atoms with Crippen LogP contribution < -0.4 is 4.90 Å². The van der Waals surface area contributed by atoms with Crippen molar-refractivity contribution in [2.24, 2.45) is 0 Å². The molecular weight excluding hydrogens is 400 g/mol. The van der Waals surface area contributed by atoms with Crippen molar-refractivity contribution in [2.45, 2.75) is 33.2 Å². The number of aryl methyl sites for hydroxylation is 3. The molecule has 1 aliphatic rings. The van der Waals surface area contributed by atoms with E-state index < -0.39 is 8.80 Å². The summed E-state index contributed by atoms with van der Waals surface area (Å²) in [6.45, 7) is 8.35. The fourth-order valence-corrected chi connectivity index (χ4v) is 5.14. The highest BCUT2D eigenvalue weighted by Crippen LogP contribution is 2.29. The second-order valence-electron chi connectivity index (χ2n) is 6.37. The van der Waals surface area contributed by atoms with E-state index in [1.807, 2.05) is 0 Å². The lowest BCUT2D eigenvalue weighted by atomic mass is 10.0. The second-order valence-corrected chi connectivity index (χ2v) is 9.46. The normalized spacial score (nSPS) is 14.2. The van der Waals surface area contributed by atoms with Crippen LogP contribution in [-0.4, -0.2) is 48.2 Å². The number of halogens is 1. The van der Waals surface area contributed by atoms with E-state index in [4.69, 9.17) is 13.3 Å². The minimum Gasteiger partial charge on any atom is -0.377 e. The zero-order valence-electron chi connectivity index (χ0n) is 16.2. The summed E-state index contributed by atoms with van der Waals surface area (Å²) in [6, 6.07) is 5.31. The molecule has 0 amide bonds. The van der Waals surface area contributed by atoms with E-state index in [-0.39, 0.29) is 17.0 Å². The van der Waals surface area contributed by atoms with Gasteiger partial charge in [0.2, 0.25) is 0 Å². The molecule has 7 heteroatoms. The van der Waals surface area contributed by atoms with Gasteiger partial charge in [0.1, 0.15) is 0 Å². The Labute approximate surface area is 163 Å². The number of rotatable bonds is 8. The van der Waals surface area contributed by atoms with E-state index in [1.165, 1.54) is 22.4 Å². The zero-order chi connectivity index (χ0) is 17.7. The van der Waals surface area contributed by atoms with Crippen molar-refractivity contribution >= 4 is 31.5 Å². The molecule has 25 heavy (non-hydrogen) atoms. The maximum absolute atomic E-state index is 5.48. The molecule has 2 rings (SSSR count). The SMILES string of the molecule is Br.CO[Si](CCCN1C=CN(c2c(C)cc(C)cc2C)C1)(OC)OC. The standard InChI is InChI=1S/C18H30N2O3Si.BrH/c1-15-12-16(2)18(17(3)13-15)20-10-9-19(14-20)8-7-11-24(21-4,22-5)23-6;/h9-10,12-13H,7-8,11,14H2,1-6H3;1H. The van der Waals surface area contributed by atoms with Crippen LogP contribution in [0.25, 0.3) is 0 Å². The van der Waals surface area contributed by atoms with E-state index >= 15 is 0 Å². The monoisotopic (exact) mass is 430 g/mol. The summed E-state index contributed by atoms with van der Waals surface area (Å²) in [4.78, 5) is 4.64. The van der Waals surface area contributed by atoms with Crippen molar-refractivity contribution < 1.29 is 13.3 Å². The van der Waals surface area contributed by atoms with E-state index in [9.17, 15) is 0 Å². The Morgan fingerprint density at radius 3 is 2.04 bits per heavy atom. The molecule has 0 aromatic heterocycles. The molecule has 0 unspecified atom stereocenters. The Morgan fingerprint density at radius 1 is 0.960 bits per heavy atom. The molecule has 5 nitrogen and oxygen atoms in total. The Hall–Kier alpha value is -0.863. The Balaban J connectivity index is 0.00000312. The molecule has 1 aliphatic heterocycles. The summed E-state index contributed by atoms with van der Waals surface area (Å²) in [5.74, 6) is 0. The van der Waals surface area contributed by atoms with Gasteiger partial charge >= 0.3 is 8.80 Å². The van der Waals surface area contributed by atoms with Crippen LogP contribution in [0.5, 0.6) is 0 Å². The van der Waals surface area contributed by atoms with Crippen molar-refractivity contribution in [2.75, 3.05) is 39.4 Å². The number of nitrogens with zero attached hydrogens (tertiary/aromatic N) is 2. The minimum atomic E-state index is -2.46. The minimum absolute atomic E-state index is 0. The maximum Gasteiger partial charge on any atom is 0.500 e. The van der Waals surface area contributed by atoms with Crippen LogP contribution in [0, 0.1) is 20.8 Å². The van der Waals surface area contributed by atoms with Crippen molar-refractivity contribution in [3.8, 4) is 0 Å². The third-order valence-electron chi connectivity index (χ3n) is 4.58. The summed E-state index contributed by atoms with van der Waals surface area (Å²) >= 11 is 0. The Bertz CT molecular complexity index is 562. The molecule has 0 saturated heterocycles. The Kier molecular flexibility index (Phi) is 8.63. The molecule has 0 atom stereocenters. The third kappa shape index (κ3) is 5.31. The van der Waals surface area contributed by atoms with Crippen molar-refractivity contribution in [3.05, 3.63) is 41.2 Å². The largest absolute Gasteiger partial charge is 0.500 e. The highest BCUT2D eigenvalue weighted by Gasteiger charge is 2.37. The summed E-state index contributed by atoms with van der Waals surface area (Å²) in [5.41, 5.74) is 5.27. The molecule has 0 N–H and O–H groups in total. The van der Waals surface area contributed by atoms with Gasteiger partial charge in [-0.15, -0.1) is 17.0 Å². The van der Waals surface area contributed by atoms with Crippen LogP contribution >= 0.6 is 17.0 Å². The average Bonchev–Trinajstić information content (AvgIpc) is 2.99.